The quantitative estimate of drug-likeness (QED) is 0.858. The summed E-state index contributed by atoms with van der Waals surface area (Å²) in [6.07, 6.45) is 5.38. The second-order valence-electron chi connectivity index (χ2n) is 7.88. The van der Waals surface area contributed by atoms with E-state index in [4.69, 9.17) is 0 Å². The van der Waals surface area contributed by atoms with Gasteiger partial charge in [-0.1, -0.05) is 30.3 Å². The van der Waals surface area contributed by atoms with Gasteiger partial charge < -0.3 is 4.57 Å². The minimum Gasteiger partial charge on any atom is -0.310 e. The van der Waals surface area contributed by atoms with Gasteiger partial charge in [0.25, 0.3) is 0 Å². The first kappa shape index (κ1) is 15.5. The molecule has 132 valence electrons. The van der Waals surface area contributed by atoms with Gasteiger partial charge in [0.1, 0.15) is 5.82 Å². The van der Waals surface area contributed by atoms with Gasteiger partial charge in [0.05, 0.1) is 0 Å². The lowest BCUT2D eigenvalue weighted by Crippen LogP contribution is -2.40. The van der Waals surface area contributed by atoms with Crippen LogP contribution in [0.1, 0.15) is 25.1 Å². The molecule has 1 saturated heterocycles. The van der Waals surface area contributed by atoms with Crippen LogP contribution in [0, 0.1) is 5.92 Å². The molecule has 2 bridgehead atoms. The minimum atomic E-state index is 0.890. The van der Waals surface area contributed by atoms with Crippen LogP contribution in [-0.4, -0.2) is 63.3 Å². The second-order valence-corrected chi connectivity index (χ2v) is 7.88. The predicted octanol–water partition coefficient (Wildman–Crippen LogP) is 2.29. The van der Waals surface area contributed by atoms with Gasteiger partial charge in [-0.3, -0.25) is 9.80 Å². The summed E-state index contributed by atoms with van der Waals surface area (Å²) in [4.78, 5) is 5.37. The number of fused-ring (bicyclic) bond motifs is 3. The largest absolute Gasteiger partial charge is 0.310 e. The van der Waals surface area contributed by atoms with Gasteiger partial charge in [0.15, 0.2) is 5.82 Å². The van der Waals surface area contributed by atoms with Gasteiger partial charge >= 0.3 is 0 Å². The number of likely N-dealkylation sites (tertiary alicyclic amines) is 1. The van der Waals surface area contributed by atoms with Gasteiger partial charge in [-0.15, -0.1) is 10.2 Å². The predicted molar refractivity (Wildman–Crippen MR) is 98.3 cm³/mol. The highest BCUT2D eigenvalue weighted by atomic mass is 15.3. The SMILES string of the molecule is c1ccc(-c2nnc3n2CCN(CCN2C[C@@H]4CC[C@H]2C4)CC3)cc1. The zero-order valence-electron chi connectivity index (χ0n) is 14.8. The number of hydrogen-bond acceptors (Lipinski definition) is 4. The second kappa shape index (κ2) is 6.54. The normalized spacial score (nSPS) is 26.7. The lowest BCUT2D eigenvalue weighted by molar-refractivity contribution is 0.172. The molecule has 0 amide bonds. The first-order chi connectivity index (χ1) is 12.4. The van der Waals surface area contributed by atoms with E-state index in [-0.39, 0.29) is 0 Å². The summed E-state index contributed by atoms with van der Waals surface area (Å²) in [5.41, 5.74) is 1.17. The maximum absolute atomic E-state index is 4.47. The zero-order chi connectivity index (χ0) is 16.6. The van der Waals surface area contributed by atoms with Crippen molar-refractivity contribution in [3.05, 3.63) is 36.2 Å². The van der Waals surface area contributed by atoms with Crippen LogP contribution in [0.5, 0.6) is 0 Å². The summed E-state index contributed by atoms with van der Waals surface area (Å²) in [7, 11) is 0. The Bertz CT molecular complexity index is 725. The summed E-state index contributed by atoms with van der Waals surface area (Å²) < 4.78 is 2.33. The van der Waals surface area contributed by atoms with Crippen molar-refractivity contribution in [2.24, 2.45) is 5.92 Å². The Labute approximate surface area is 149 Å². The first-order valence-electron chi connectivity index (χ1n) is 9.81. The van der Waals surface area contributed by atoms with Crippen molar-refractivity contribution < 1.29 is 0 Å². The van der Waals surface area contributed by atoms with E-state index in [2.05, 4.69) is 54.9 Å². The number of piperidine rings is 1. The van der Waals surface area contributed by atoms with Crippen LogP contribution >= 0.6 is 0 Å². The average Bonchev–Trinajstić information content (AvgIpc) is 3.34. The zero-order valence-corrected chi connectivity index (χ0v) is 14.8. The van der Waals surface area contributed by atoms with Gasteiger partial charge in [-0.05, 0) is 25.2 Å². The van der Waals surface area contributed by atoms with Crippen molar-refractivity contribution in [2.45, 2.75) is 38.3 Å². The number of aromatic nitrogens is 3. The van der Waals surface area contributed by atoms with Crippen molar-refractivity contribution in [1.29, 1.82) is 0 Å². The van der Waals surface area contributed by atoms with E-state index >= 15 is 0 Å². The molecule has 1 aromatic heterocycles. The Morgan fingerprint density at radius 1 is 0.960 bits per heavy atom. The standard InChI is InChI=1S/C20H27N5/c1-2-4-17(5-3-1)20-22-21-19-8-9-23(11-13-25(19)20)10-12-24-15-16-6-7-18(24)14-16/h1-5,16,18H,6-15H2/t16-,18+/m1/s1. The van der Waals surface area contributed by atoms with Gasteiger partial charge in [0.2, 0.25) is 0 Å². The van der Waals surface area contributed by atoms with Crippen LogP contribution in [-0.2, 0) is 13.0 Å². The van der Waals surface area contributed by atoms with Crippen molar-refractivity contribution in [2.75, 3.05) is 32.7 Å². The number of rotatable bonds is 4. The van der Waals surface area contributed by atoms with E-state index in [9.17, 15) is 0 Å². The molecule has 0 N–H and O–H groups in total. The molecule has 5 rings (SSSR count). The lowest BCUT2D eigenvalue weighted by atomic mass is 10.1. The van der Waals surface area contributed by atoms with E-state index in [0.29, 0.717) is 0 Å². The Kier molecular flexibility index (Phi) is 4.06. The van der Waals surface area contributed by atoms with E-state index in [1.807, 2.05) is 0 Å². The summed E-state index contributed by atoms with van der Waals surface area (Å²) >= 11 is 0. The van der Waals surface area contributed by atoms with Gasteiger partial charge in [0, 0.05) is 57.3 Å². The third kappa shape index (κ3) is 3.00. The molecule has 1 aromatic carbocycles. The molecule has 25 heavy (non-hydrogen) atoms. The monoisotopic (exact) mass is 337 g/mol. The summed E-state index contributed by atoms with van der Waals surface area (Å²) in [5, 5.41) is 8.93. The molecule has 0 unspecified atom stereocenters. The van der Waals surface area contributed by atoms with Crippen molar-refractivity contribution in [1.82, 2.24) is 24.6 Å². The fourth-order valence-electron chi connectivity index (χ4n) is 4.96. The number of hydrogen-bond donors (Lipinski definition) is 0. The molecular weight excluding hydrogens is 310 g/mol. The van der Waals surface area contributed by atoms with Gasteiger partial charge in [-0.25, -0.2) is 0 Å². The maximum Gasteiger partial charge on any atom is 0.164 e. The molecule has 2 fully saturated rings. The van der Waals surface area contributed by atoms with Crippen LogP contribution in [0.15, 0.2) is 30.3 Å². The molecule has 2 aromatic rings. The third-order valence-electron chi connectivity index (χ3n) is 6.38. The van der Waals surface area contributed by atoms with Crippen molar-refractivity contribution in [3.8, 4) is 11.4 Å². The van der Waals surface area contributed by atoms with Crippen LogP contribution in [0.2, 0.25) is 0 Å². The van der Waals surface area contributed by atoms with Crippen LogP contribution in [0.25, 0.3) is 11.4 Å². The van der Waals surface area contributed by atoms with E-state index in [1.54, 1.807) is 0 Å². The molecule has 1 saturated carbocycles. The Morgan fingerprint density at radius 3 is 2.68 bits per heavy atom. The number of nitrogens with zero attached hydrogens (tertiary/aromatic N) is 5. The Morgan fingerprint density at radius 2 is 1.88 bits per heavy atom. The van der Waals surface area contributed by atoms with E-state index in [0.717, 1.165) is 49.7 Å². The van der Waals surface area contributed by atoms with E-state index in [1.165, 1.54) is 44.5 Å². The van der Waals surface area contributed by atoms with Crippen molar-refractivity contribution in [3.63, 3.8) is 0 Å². The first-order valence-corrected chi connectivity index (χ1v) is 9.81. The highest BCUT2D eigenvalue weighted by molar-refractivity contribution is 5.55. The molecule has 2 aliphatic heterocycles. The van der Waals surface area contributed by atoms with Crippen LogP contribution < -0.4 is 0 Å². The highest BCUT2D eigenvalue weighted by Crippen LogP contribution is 2.37. The van der Waals surface area contributed by atoms with Crippen LogP contribution in [0.3, 0.4) is 0 Å². The molecule has 2 atom stereocenters. The summed E-state index contributed by atoms with van der Waals surface area (Å²) in [6, 6.07) is 11.3. The van der Waals surface area contributed by atoms with E-state index < -0.39 is 0 Å². The molecular formula is C20H27N5. The fraction of sp³-hybridized carbons (Fsp3) is 0.600. The molecule has 3 aliphatic rings. The molecule has 1 aliphatic carbocycles. The average molecular weight is 337 g/mol. The Hall–Kier alpha value is -1.72. The molecule has 5 heteroatoms. The fourth-order valence-corrected chi connectivity index (χ4v) is 4.96. The topological polar surface area (TPSA) is 37.2 Å². The molecule has 0 spiro atoms. The van der Waals surface area contributed by atoms with Crippen LogP contribution in [0.4, 0.5) is 0 Å². The maximum atomic E-state index is 4.47. The Balaban J connectivity index is 1.23. The lowest BCUT2D eigenvalue weighted by Gasteiger charge is -2.29. The summed E-state index contributed by atoms with van der Waals surface area (Å²) in [5.74, 6) is 3.16. The molecule has 5 nitrogen and oxygen atoms in total. The molecule has 3 heterocycles. The number of benzene rings is 1. The smallest absolute Gasteiger partial charge is 0.164 e. The highest BCUT2D eigenvalue weighted by Gasteiger charge is 2.37. The minimum absolute atomic E-state index is 0.890. The molecule has 0 radical (unpaired) electrons. The van der Waals surface area contributed by atoms with Crippen molar-refractivity contribution >= 4 is 0 Å². The summed E-state index contributed by atoms with van der Waals surface area (Å²) in [6.45, 7) is 7.00. The third-order valence-corrected chi connectivity index (χ3v) is 6.38. The van der Waals surface area contributed by atoms with Gasteiger partial charge in [-0.2, -0.15) is 0 Å².